The highest BCUT2D eigenvalue weighted by Crippen LogP contribution is 2.33. The molecule has 0 saturated heterocycles. The Bertz CT molecular complexity index is 470. The normalized spacial score (nSPS) is 15.6. The van der Waals surface area contributed by atoms with Crippen LogP contribution in [0.25, 0.3) is 0 Å². The number of pyridine rings is 1. The summed E-state index contributed by atoms with van der Waals surface area (Å²) >= 11 is 0. The first-order valence-corrected chi connectivity index (χ1v) is 8.23. The van der Waals surface area contributed by atoms with Gasteiger partial charge in [0.1, 0.15) is 0 Å². The van der Waals surface area contributed by atoms with Crippen molar-refractivity contribution in [2.45, 2.75) is 72.5 Å². The average Bonchev–Trinajstić information content (AvgIpc) is 3.17. The Morgan fingerprint density at radius 1 is 1.33 bits per heavy atom. The summed E-state index contributed by atoms with van der Waals surface area (Å²) in [6.45, 7) is 15.3. The van der Waals surface area contributed by atoms with Crippen LogP contribution in [0.15, 0.2) is 12.3 Å². The third-order valence-corrected chi connectivity index (χ3v) is 3.99. The summed E-state index contributed by atoms with van der Waals surface area (Å²) in [6.07, 6.45) is 4.83. The van der Waals surface area contributed by atoms with E-state index in [4.69, 9.17) is 0 Å². The maximum absolute atomic E-state index is 4.51. The van der Waals surface area contributed by atoms with Gasteiger partial charge in [-0.1, -0.05) is 0 Å². The van der Waals surface area contributed by atoms with Crippen molar-refractivity contribution in [3.63, 3.8) is 0 Å². The van der Waals surface area contributed by atoms with Gasteiger partial charge in [-0.25, -0.2) is 0 Å². The van der Waals surface area contributed by atoms with Crippen LogP contribution >= 0.6 is 0 Å². The van der Waals surface area contributed by atoms with Crippen LogP contribution in [0.3, 0.4) is 0 Å². The van der Waals surface area contributed by atoms with Gasteiger partial charge in [-0.2, -0.15) is 0 Å². The Balaban J connectivity index is 2.23. The van der Waals surface area contributed by atoms with Crippen molar-refractivity contribution in [2.24, 2.45) is 5.92 Å². The van der Waals surface area contributed by atoms with E-state index in [0.717, 1.165) is 18.2 Å². The molecule has 0 aromatic carbocycles. The van der Waals surface area contributed by atoms with Gasteiger partial charge in [-0.15, -0.1) is 0 Å². The molecule has 1 saturated carbocycles. The zero-order valence-corrected chi connectivity index (χ0v) is 14.5. The van der Waals surface area contributed by atoms with Crippen molar-refractivity contribution in [1.82, 2.24) is 10.3 Å². The quantitative estimate of drug-likeness (QED) is 0.861. The molecule has 3 nitrogen and oxygen atoms in total. The van der Waals surface area contributed by atoms with E-state index in [-0.39, 0.29) is 5.54 Å². The molecule has 21 heavy (non-hydrogen) atoms. The van der Waals surface area contributed by atoms with E-state index < -0.39 is 0 Å². The van der Waals surface area contributed by atoms with Crippen molar-refractivity contribution in [3.8, 4) is 0 Å². The summed E-state index contributed by atoms with van der Waals surface area (Å²) in [5.41, 5.74) is 3.90. The number of anilines is 1. The van der Waals surface area contributed by atoms with Crippen LogP contribution in [-0.4, -0.2) is 23.1 Å². The van der Waals surface area contributed by atoms with Crippen molar-refractivity contribution in [1.29, 1.82) is 0 Å². The number of nitrogens with zero attached hydrogens (tertiary/aromatic N) is 2. The molecule has 0 atom stereocenters. The summed E-state index contributed by atoms with van der Waals surface area (Å²) in [5.74, 6) is 0.893. The van der Waals surface area contributed by atoms with E-state index in [1.54, 1.807) is 0 Å². The highest BCUT2D eigenvalue weighted by Gasteiger charge is 2.27. The highest BCUT2D eigenvalue weighted by atomic mass is 15.2. The summed E-state index contributed by atoms with van der Waals surface area (Å²) in [4.78, 5) is 7.07. The zero-order valence-electron chi connectivity index (χ0n) is 14.5. The third kappa shape index (κ3) is 4.99. The van der Waals surface area contributed by atoms with Crippen LogP contribution in [0.1, 0.15) is 58.7 Å². The van der Waals surface area contributed by atoms with Crippen LogP contribution in [-0.2, 0) is 6.54 Å². The van der Waals surface area contributed by atoms with Gasteiger partial charge in [-0.05, 0) is 66.4 Å². The van der Waals surface area contributed by atoms with Gasteiger partial charge in [0.25, 0.3) is 0 Å². The minimum atomic E-state index is 0.126. The first-order chi connectivity index (χ1) is 9.76. The Morgan fingerprint density at radius 2 is 2.00 bits per heavy atom. The molecule has 0 bridgehead atoms. The second-order valence-electron chi connectivity index (χ2n) is 7.75. The largest absolute Gasteiger partial charge is 0.368 e. The van der Waals surface area contributed by atoms with Crippen molar-refractivity contribution >= 4 is 5.69 Å². The van der Waals surface area contributed by atoms with E-state index in [1.165, 1.54) is 30.6 Å². The predicted octanol–water partition coefficient (Wildman–Crippen LogP) is 3.90. The third-order valence-electron chi connectivity index (χ3n) is 3.99. The van der Waals surface area contributed by atoms with Gasteiger partial charge in [0, 0.05) is 47.8 Å². The minimum absolute atomic E-state index is 0.126. The van der Waals surface area contributed by atoms with E-state index in [2.05, 4.69) is 62.8 Å². The fourth-order valence-electron chi connectivity index (χ4n) is 2.50. The molecule has 1 aromatic rings. The second-order valence-corrected chi connectivity index (χ2v) is 7.75. The first-order valence-electron chi connectivity index (χ1n) is 8.23. The molecule has 1 aromatic heterocycles. The van der Waals surface area contributed by atoms with Crippen molar-refractivity contribution < 1.29 is 0 Å². The SMILES string of the molecule is Cc1cc(N(CC2CC2)C(C)C)c(CNC(C)(C)C)cn1. The molecule has 1 fully saturated rings. The van der Waals surface area contributed by atoms with E-state index in [1.807, 2.05) is 6.20 Å². The van der Waals surface area contributed by atoms with Gasteiger partial charge < -0.3 is 10.2 Å². The number of hydrogen-bond acceptors (Lipinski definition) is 3. The Hall–Kier alpha value is -1.09. The van der Waals surface area contributed by atoms with Gasteiger partial charge in [0.05, 0.1) is 0 Å². The molecule has 0 aliphatic heterocycles. The van der Waals surface area contributed by atoms with Gasteiger partial charge >= 0.3 is 0 Å². The lowest BCUT2D eigenvalue weighted by atomic mass is 10.1. The fraction of sp³-hybridized carbons (Fsp3) is 0.722. The van der Waals surface area contributed by atoms with E-state index in [0.29, 0.717) is 6.04 Å². The molecular weight excluding hydrogens is 258 g/mol. The molecule has 1 N–H and O–H groups in total. The van der Waals surface area contributed by atoms with Crippen LogP contribution in [0.5, 0.6) is 0 Å². The molecule has 2 rings (SSSR count). The summed E-state index contributed by atoms with van der Waals surface area (Å²) in [5, 5.41) is 3.59. The minimum Gasteiger partial charge on any atom is -0.368 e. The van der Waals surface area contributed by atoms with Crippen LogP contribution in [0.2, 0.25) is 0 Å². The monoisotopic (exact) mass is 289 g/mol. The van der Waals surface area contributed by atoms with Crippen molar-refractivity contribution in [3.05, 3.63) is 23.5 Å². The van der Waals surface area contributed by atoms with Crippen LogP contribution < -0.4 is 10.2 Å². The first kappa shape index (κ1) is 16.3. The van der Waals surface area contributed by atoms with E-state index in [9.17, 15) is 0 Å². The van der Waals surface area contributed by atoms with Gasteiger partial charge in [-0.3, -0.25) is 4.98 Å². The number of rotatable bonds is 6. The topological polar surface area (TPSA) is 28.2 Å². The van der Waals surface area contributed by atoms with Crippen LogP contribution in [0.4, 0.5) is 5.69 Å². The second kappa shape index (κ2) is 6.35. The molecule has 1 aliphatic rings. The Kier molecular flexibility index (Phi) is 4.92. The molecule has 0 unspecified atom stereocenters. The Labute approximate surface area is 130 Å². The van der Waals surface area contributed by atoms with E-state index >= 15 is 0 Å². The lowest BCUT2D eigenvalue weighted by Crippen LogP contribution is -2.37. The van der Waals surface area contributed by atoms with Crippen LogP contribution in [0, 0.1) is 12.8 Å². The lowest BCUT2D eigenvalue weighted by molar-refractivity contribution is 0.423. The lowest BCUT2D eigenvalue weighted by Gasteiger charge is -2.32. The molecule has 0 amide bonds. The predicted molar refractivity (Wildman–Crippen MR) is 90.8 cm³/mol. The molecule has 1 aliphatic carbocycles. The zero-order chi connectivity index (χ0) is 15.6. The number of hydrogen-bond donors (Lipinski definition) is 1. The summed E-state index contributed by atoms with van der Waals surface area (Å²) in [7, 11) is 0. The molecule has 3 heteroatoms. The molecule has 0 spiro atoms. The number of aromatic nitrogens is 1. The summed E-state index contributed by atoms with van der Waals surface area (Å²) in [6, 6.07) is 2.78. The number of nitrogens with one attached hydrogen (secondary N) is 1. The Morgan fingerprint density at radius 3 is 2.52 bits per heavy atom. The van der Waals surface area contributed by atoms with Gasteiger partial charge in [0.2, 0.25) is 0 Å². The molecule has 1 heterocycles. The number of aryl methyl sites for hydroxylation is 1. The smallest absolute Gasteiger partial charge is 0.0447 e. The average molecular weight is 289 g/mol. The van der Waals surface area contributed by atoms with Crippen molar-refractivity contribution in [2.75, 3.05) is 11.4 Å². The molecule has 0 radical (unpaired) electrons. The highest BCUT2D eigenvalue weighted by molar-refractivity contribution is 5.54. The maximum atomic E-state index is 4.51. The molecule has 118 valence electrons. The van der Waals surface area contributed by atoms with Gasteiger partial charge in [0.15, 0.2) is 0 Å². The molecular formula is C18H31N3. The fourth-order valence-corrected chi connectivity index (χ4v) is 2.50. The standard InChI is InChI=1S/C18H31N3/c1-13(2)21(12-15-7-8-15)17-9-14(3)19-10-16(17)11-20-18(4,5)6/h9-10,13,15,20H,7-8,11-12H2,1-6H3. The maximum Gasteiger partial charge on any atom is 0.0447 e. The summed E-state index contributed by atoms with van der Waals surface area (Å²) < 4.78 is 0.